The molecule has 0 atom stereocenters. The van der Waals surface area contributed by atoms with Crippen LogP contribution in [0.2, 0.25) is 0 Å². The highest BCUT2D eigenvalue weighted by Crippen LogP contribution is 2.30. The first-order chi connectivity index (χ1) is 25.6. The summed E-state index contributed by atoms with van der Waals surface area (Å²) in [6.07, 6.45) is 4.99. The number of para-hydroxylation sites is 6. The molecule has 0 radical (unpaired) electrons. The summed E-state index contributed by atoms with van der Waals surface area (Å²) >= 11 is 0. The van der Waals surface area contributed by atoms with Gasteiger partial charge in [-0.2, -0.15) is 0 Å². The van der Waals surface area contributed by atoms with Crippen molar-refractivity contribution in [3.8, 4) is 23.0 Å². The van der Waals surface area contributed by atoms with E-state index in [0.29, 0.717) is 6.61 Å². The van der Waals surface area contributed by atoms with Crippen molar-refractivity contribution in [1.82, 2.24) is 10.2 Å². The van der Waals surface area contributed by atoms with E-state index in [1.165, 1.54) is 0 Å². The number of aldehydes is 1. The van der Waals surface area contributed by atoms with Gasteiger partial charge in [-0.05, 0) is 101 Å². The summed E-state index contributed by atoms with van der Waals surface area (Å²) in [5.74, 6) is 3.63. The molecule has 53 heavy (non-hydrogen) atoms. The van der Waals surface area contributed by atoms with E-state index in [0.717, 1.165) is 99.1 Å². The molecule has 4 aromatic rings. The van der Waals surface area contributed by atoms with Gasteiger partial charge in [-0.3, -0.25) is 9.69 Å². The first-order valence-corrected chi connectivity index (χ1v) is 18.7. The minimum absolute atomic E-state index is 0.0204. The van der Waals surface area contributed by atoms with Crippen LogP contribution in [0.15, 0.2) is 109 Å². The molecule has 2 aliphatic heterocycles. The van der Waals surface area contributed by atoms with Gasteiger partial charge < -0.3 is 34.1 Å². The van der Waals surface area contributed by atoms with Gasteiger partial charge in [-0.15, -0.1) is 0 Å². The summed E-state index contributed by atoms with van der Waals surface area (Å²) in [4.78, 5) is 16.6. The Bertz CT molecular complexity index is 1600. The number of anilines is 2. The molecule has 0 aromatic heterocycles. The molecule has 0 amide bonds. The Morgan fingerprint density at radius 3 is 1.53 bits per heavy atom. The molecule has 2 saturated heterocycles. The van der Waals surface area contributed by atoms with Gasteiger partial charge in [0.25, 0.3) is 0 Å². The topological polar surface area (TPSA) is 75.7 Å². The van der Waals surface area contributed by atoms with Crippen LogP contribution in [-0.2, 0) is 4.79 Å². The van der Waals surface area contributed by atoms with Crippen LogP contribution >= 0.6 is 0 Å². The fraction of sp³-hybridized carbons (Fsp3) is 0.432. The second kappa shape index (κ2) is 21.1. The molecule has 0 bridgehead atoms. The maximum absolute atomic E-state index is 10.1. The zero-order valence-corrected chi connectivity index (χ0v) is 32.6. The third kappa shape index (κ3) is 14.0. The van der Waals surface area contributed by atoms with Crippen LogP contribution in [0.3, 0.4) is 0 Å². The second-order valence-corrected chi connectivity index (χ2v) is 14.4. The number of hydrogen-bond donors (Lipinski definition) is 1. The normalized spacial score (nSPS) is 16.0. The molecular weight excluding hydrogens is 665 g/mol. The average molecular weight is 725 g/mol. The minimum Gasteiger partial charge on any atom is -0.490 e. The van der Waals surface area contributed by atoms with Crippen LogP contribution < -0.4 is 34.1 Å². The van der Waals surface area contributed by atoms with Gasteiger partial charge in [0.1, 0.15) is 47.4 Å². The van der Waals surface area contributed by atoms with E-state index in [2.05, 4.69) is 35.0 Å². The highest BCUT2D eigenvalue weighted by Gasteiger charge is 2.32. The number of carbonyl (C=O) groups excluding carboxylic acids is 1. The van der Waals surface area contributed by atoms with E-state index in [1.54, 1.807) is 0 Å². The maximum atomic E-state index is 10.1. The van der Waals surface area contributed by atoms with Crippen molar-refractivity contribution in [2.24, 2.45) is 0 Å². The predicted molar refractivity (Wildman–Crippen MR) is 217 cm³/mol. The Balaban J connectivity index is 0.000000196. The quantitative estimate of drug-likeness (QED) is 0.140. The summed E-state index contributed by atoms with van der Waals surface area (Å²) in [5, 5.41) is 3.35. The van der Waals surface area contributed by atoms with Crippen molar-refractivity contribution in [2.45, 2.75) is 50.7 Å². The van der Waals surface area contributed by atoms with Crippen molar-refractivity contribution in [3.05, 3.63) is 109 Å². The van der Waals surface area contributed by atoms with Gasteiger partial charge in [0, 0.05) is 47.8 Å². The number of ether oxygens (including phenoxy) is 4. The van der Waals surface area contributed by atoms with Crippen LogP contribution in [-0.4, -0.2) is 96.5 Å². The van der Waals surface area contributed by atoms with Gasteiger partial charge >= 0.3 is 0 Å². The Hall–Kier alpha value is -4.73. The fourth-order valence-electron chi connectivity index (χ4n) is 6.26. The average Bonchev–Trinajstić information content (AvgIpc) is 3.16. The molecule has 9 nitrogen and oxygen atoms in total. The van der Waals surface area contributed by atoms with Crippen LogP contribution in [0.25, 0.3) is 0 Å². The fourth-order valence-corrected chi connectivity index (χ4v) is 6.26. The Morgan fingerprint density at radius 2 is 1.06 bits per heavy atom. The van der Waals surface area contributed by atoms with Crippen molar-refractivity contribution in [2.75, 3.05) is 83.9 Å². The van der Waals surface area contributed by atoms with E-state index < -0.39 is 0 Å². The molecule has 6 rings (SSSR count). The molecule has 2 heterocycles. The second-order valence-electron chi connectivity index (χ2n) is 14.4. The maximum Gasteiger partial charge on any atom is 0.157 e. The van der Waals surface area contributed by atoms with Gasteiger partial charge in [0.05, 0.1) is 11.4 Å². The number of hydrogen-bond acceptors (Lipinski definition) is 9. The first-order valence-electron chi connectivity index (χ1n) is 18.7. The standard InChI is InChI=1S/C22H30N2O2.C12H17NO.C10H13NO2/c1-22(26-19-9-5-4-6-10-19)13-15-24(16-14-22)17-18-25-21-12-8-7-11-20(21)23(2)3;1-12(7-9-13-10-8-12)14-11-5-3-2-4-6-11;1-11(2)9-5-3-4-6-10(9)13-8-7-12/h4-12H,13-18H2,1-3H3;2-6,13H,7-10H2,1H3;3-7H,8H2,1-2H3. The molecular formula is C44H60N4O5. The number of likely N-dealkylation sites (tertiary alicyclic amines) is 1. The van der Waals surface area contributed by atoms with E-state index >= 15 is 0 Å². The summed E-state index contributed by atoms with van der Waals surface area (Å²) in [7, 11) is 7.95. The van der Waals surface area contributed by atoms with E-state index in [4.69, 9.17) is 18.9 Å². The number of piperidine rings is 2. The lowest BCUT2D eigenvalue weighted by Crippen LogP contribution is -2.47. The zero-order chi connectivity index (χ0) is 37.9. The van der Waals surface area contributed by atoms with Gasteiger partial charge in [-0.1, -0.05) is 60.7 Å². The van der Waals surface area contributed by atoms with Crippen molar-refractivity contribution in [3.63, 3.8) is 0 Å². The van der Waals surface area contributed by atoms with Crippen molar-refractivity contribution >= 4 is 17.7 Å². The van der Waals surface area contributed by atoms with E-state index in [-0.39, 0.29) is 17.8 Å². The third-order valence-electron chi connectivity index (χ3n) is 9.46. The third-order valence-corrected chi connectivity index (χ3v) is 9.46. The molecule has 4 aromatic carbocycles. The summed E-state index contributed by atoms with van der Waals surface area (Å²) < 4.78 is 23.5. The van der Waals surface area contributed by atoms with Crippen LogP contribution in [0, 0.1) is 0 Å². The lowest BCUT2D eigenvalue weighted by Gasteiger charge is -2.39. The summed E-state index contributed by atoms with van der Waals surface area (Å²) in [6, 6.07) is 36.0. The Kier molecular flexibility index (Phi) is 16.3. The molecule has 286 valence electrons. The highest BCUT2D eigenvalue weighted by molar-refractivity contribution is 5.59. The molecule has 0 aliphatic carbocycles. The van der Waals surface area contributed by atoms with Gasteiger partial charge in [0.2, 0.25) is 0 Å². The van der Waals surface area contributed by atoms with Crippen molar-refractivity contribution in [1.29, 1.82) is 0 Å². The lowest BCUT2D eigenvalue weighted by atomic mass is 9.93. The van der Waals surface area contributed by atoms with E-state index in [9.17, 15) is 4.79 Å². The van der Waals surface area contributed by atoms with Crippen molar-refractivity contribution < 1.29 is 23.7 Å². The number of nitrogens with one attached hydrogen (secondary N) is 1. The molecule has 9 heteroatoms. The zero-order valence-electron chi connectivity index (χ0n) is 32.6. The number of benzene rings is 4. The SMILES string of the molecule is CC1(Oc2ccccc2)CCNCC1.CN(C)c1ccccc1OCC=O.CN(C)c1ccccc1OCCN1CCC(C)(Oc2ccccc2)CC1. The number of rotatable bonds is 13. The molecule has 0 unspecified atom stereocenters. The molecule has 2 aliphatic rings. The monoisotopic (exact) mass is 724 g/mol. The Morgan fingerprint density at radius 1 is 0.623 bits per heavy atom. The first kappa shape index (κ1) is 41.0. The van der Waals surface area contributed by atoms with Gasteiger partial charge in [-0.25, -0.2) is 0 Å². The largest absolute Gasteiger partial charge is 0.490 e. The molecule has 0 spiro atoms. The number of nitrogens with zero attached hydrogens (tertiary/aromatic N) is 3. The number of carbonyl (C=O) groups is 1. The highest BCUT2D eigenvalue weighted by atomic mass is 16.5. The van der Waals surface area contributed by atoms with Crippen LogP contribution in [0.4, 0.5) is 11.4 Å². The smallest absolute Gasteiger partial charge is 0.157 e. The van der Waals surface area contributed by atoms with Gasteiger partial charge in [0.15, 0.2) is 6.29 Å². The van der Waals surface area contributed by atoms with Crippen LogP contribution in [0.1, 0.15) is 39.5 Å². The predicted octanol–water partition coefficient (Wildman–Crippen LogP) is 7.60. The lowest BCUT2D eigenvalue weighted by molar-refractivity contribution is -0.109. The molecule has 1 N–H and O–H groups in total. The Labute approximate surface area is 317 Å². The summed E-state index contributed by atoms with van der Waals surface area (Å²) in [5.41, 5.74) is 2.04. The summed E-state index contributed by atoms with van der Waals surface area (Å²) in [6.45, 7) is 10.4. The molecule has 2 fully saturated rings. The van der Waals surface area contributed by atoms with E-state index in [1.807, 2.05) is 136 Å². The van der Waals surface area contributed by atoms with Crippen LogP contribution in [0.5, 0.6) is 23.0 Å². The molecule has 0 saturated carbocycles. The minimum atomic E-state index is -0.0732.